The first-order chi connectivity index (χ1) is 6.09. The predicted octanol–water partition coefficient (Wildman–Crippen LogP) is 1.36. The zero-order valence-corrected chi connectivity index (χ0v) is 8.23. The normalized spacial score (nSPS) is 30.0. The van der Waals surface area contributed by atoms with E-state index in [0.717, 1.165) is 19.0 Å². The Kier molecular flexibility index (Phi) is 3.48. The third-order valence-electron chi connectivity index (χ3n) is 2.51. The highest BCUT2D eigenvalue weighted by Gasteiger charge is 2.24. The molecule has 0 aliphatic carbocycles. The second-order valence-corrected chi connectivity index (χ2v) is 3.88. The van der Waals surface area contributed by atoms with Gasteiger partial charge in [0.05, 0.1) is 0 Å². The third kappa shape index (κ3) is 3.19. The minimum atomic E-state index is -0.861. The standard InChI is InChI=1S/C10H17NO2/c1-8-6-9(2)11(7-8)5-3-4-10(12)13/h3-4,8-9H,5-7H2,1-2H3,(H,12,13)/b4-3+. The Morgan fingerprint density at radius 2 is 2.31 bits per heavy atom. The molecule has 1 heterocycles. The fraction of sp³-hybridized carbons (Fsp3) is 0.700. The van der Waals surface area contributed by atoms with Crippen LogP contribution < -0.4 is 0 Å². The van der Waals surface area contributed by atoms with Gasteiger partial charge in [0.1, 0.15) is 0 Å². The molecular formula is C10H17NO2. The maximum Gasteiger partial charge on any atom is 0.328 e. The van der Waals surface area contributed by atoms with E-state index in [1.165, 1.54) is 12.5 Å². The maximum absolute atomic E-state index is 10.2. The molecule has 74 valence electrons. The molecule has 0 amide bonds. The summed E-state index contributed by atoms with van der Waals surface area (Å²) in [6.45, 7) is 6.28. The summed E-state index contributed by atoms with van der Waals surface area (Å²) in [7, 11) is 0. The van der Waals surface area contributed by atoms with Crippen molar-refractivity contribution in [2.75, 3.05) is 13.1 Å². The van der Waals surface area contributed by atoms with E-state index in [2.05, 4.69) is 18.7 Å². The van der Waals surface area contributed by atoms with Crippen molar-refractivity contribution in [1.82, 2.24) is 4.90 Å². The fourth-order valence-electron chi connectivity index (χ4n) is 1.93. The van der Waals surface area contributed by atoms with Crippen molar-refractivity contribution in [3.05, 3.63) is 12.2 Å². The number of carboxylic acids is 1. The van der Waals surface area contributed by atoms with Crippen molar-refractivity contribution in [2.45, 2.75) is 26.3 Å². The maximum atomic E-state index is 10.2. The van der Waals surface area contributed by atoms with Crippen LogP contribution in [0, 0.1) is 5.92 Å². The number of carboxylic acid groups (broad SMARTS) is 1. The van der Waals surface area contributed by atoms with Gasteiger partial charge in [-0.25, -0.2) is 4.79 Å². The molecule has 2 unspecified atom stereocenters. The zero-order valence-electron chi connectivity index (χ0n) is 8.23. The predicted molar refractivity (Wildman–Crippen MR) is 51.6 cm³/mol. The highest BCUT2D eigenvalue weighted by Crippen LogP contribution is 2.21. The summed E-state index contributed by atoms with van der Waals surface area (Å²) in [5.41, 5.74) is 0. The first-order valence-corrected chi connectivity index (χ1v) is 4.73. The van der Waals surface area contributed by atoms with Crippen molar-refractivity contribution in [2.24, 2.45) is 5.92 Å². The van der Waals surface area contributed by atoms with Crippen molar-refractivity contribution >= 4 is 5.97 Å². The molecule has 0 radical (unpaired) electrons. The van der Waals surface area contributed by atoms with E-state index in [4.69, 9.17) is 5.11 Å². The monoisotopic (exact) mass is 183 g/mol. The summed E-state index contributed by atoms with van der Waals surface area (Å²) >= 11 is 0. The lowest BCUT2D eigenvalue weighted by molar-refractivity contribution is -0.131. The molecule has 3 nitrogen and oxygen atoms in total. The smallest absolute Gasteiger partial charge is 0.328 e. The van der Waals surface area contributed by atoms with Gasteiger partial charge in [-0.2, -0.15) is 0 Å². The lowest BCUT2D eigenvalue weighted by atomic mass is 10.1. The molecule has 3 heteroatoms. The Balaban J connectivity index is 2.33. The molecule has 1 saturated heterocycles. The second-order valence-electron chi connectivity index (χ2n) is 3.88. The van der Waals surface area contributed by atoms with E-state index < -0.39 is 5.97 Å². The summed E-state index contributed by atoms with van der Waals surface area (Å²) in [5, 5.41) is 8.40. The van der Waals surface area contributed by atoms with Gasteiger partial charge in [0.2, 0.25) is 0 Å². The Morgan fingerprint density at radius 1 is 1.62 bits per heavy atom. The van der Waals surface area contributed by atoms with Crippen LogP contribution in [0.4, 0.5) is 0 Å². The molecule has 0 saturated carbocycles. The average molecular weight is 183 g/mol. The Bertz CT molecular complexity index is 213. The molecule has 13 heavy (non-hydrogen) atoms. The average Bonchev–Trinajstić information content (AvgIpc) is 2.29. The Hall–Kier alpha value is -0.830. The van der Waals surface area contributed by atoms with Crippen molar-refractivity contribution in [3.63, 3.8) is 0 Å². The number of hydrogen-bond acceptors (Lipinski definition) is 2. The number of likely N-dealkylation sites (tertiary alicyclic amines) is 1. The summed E-state index contributed by atoms with van der Waals surface area (Å²) in [6.07, 6.45) is 4.16. The highest BCUT2D eigenvalue weighted by atomic mass is 16.4. The van der Waals surface area contributed by atoms with Gasteiger partial charge in [0.15, 0.2) is 0 Å². The van der Waals surface area contributed by atoms with Gasteiger partial charge in [-0.15, -0.1) is 0 Å². The zero-order chi connectivity index (χ0) is 9.84. The summed E-state index contributed by atoms with van der Waals surface area (Å²) in [4.78, 5) is 12.5. The molecule has 2 atom stereocenters. The third-order valence-corrected chi connectivity index (χ3v) is 2.51. The van der Waals surface area contributed by atoms with Crippen molar-refractivity contribution < 1.29 is 9.90 Å². The molecule has 1 fully saturated rings. The fourth-order valence-corrected chi connectivity index (χ4v) is 1.93. The van der Waals surface area contributed by atoms with Crippen molar-refractivity contribution in [1.29, 1.82) is 0 Å². The molecular weight excluding hydrogens is 166 g/mol. The first kappa shape index (κ1) is 10.3. The Morgan fingerprint density at radius 3 is 2.77 bits per heavy atom. The number of nitrogens with zero attached hydrogens (tertiary/aromatic N) is 1. The quantitative estimate of drug-likeness (QED) is 0.671. The molecule has 1 aliphatic rings. The van der Waals surface area contributed by atoms with Crippen LogP contribution in [0.3, 0.4) is 0 Å². The number of rotatable bonds is 3. The molecule has 0 aromatic carbocycles. The van der Waals surface area contributed by atoms with Gasteiger partial charge in [-0.1, -0.05) is 13.0 Å². The van der Waals surface area contributed by atoms with Gasteiger partial charge in [-0.3, -0.25) is 4.90 Å². The minimum Gasteiger partial charge on any atom is -0.478 e. The summed E-state index contributed by atoms with van der Waals surface area (Å²) in [5.74, 6) is -0.117. The molecule has 1 aliphatic heterocycles. The van der Waals surface area contributed by atoms with Crippen LogP contribution in [-0.4, -0.2) is 35.1 Å². The Labute approximate surface area is 79.0 Å². The van der Waals surface area contributed by atoms with Gasteiger partial charge in [-0.05, 0) is 19.3 Å². The van der Waals surface area contributed by atoms with E-state index in [1.54, 1.807) is 6.08 Å². The molecule has 0 aromatic heterocycles. The SMILES string of the molecule is CC1CC(C)N(C/C=C/C(=O)O)C1. The molecule has 0 bridgehead atoms. The summed E-state index contributed by atoms with van der Waals surface area (Å²) in [6, 6.07) is 0.591. The van der Waals surface area contributed by atoms with Crippen LogP contribution >= 0.6 is 0 Å². The lowest BCUT2D eigenvalue weighted by Crippen LogP contribution is -2.27. The minimum absolute atomic E-state index is 0.591. The molecule has 0 aromatic rings. The van der Waals surface area contributed by atoms with Crippen molar-refractivity contribution in [3.8, 4) is 0 Å². The van der Waals surface area contributed by atoms with E-state index in [0.29, 0.717) is 6.04 Å². The van der Waals surface area contributed by atoms with E-state index in [9.17, 15) is 4.79 Å². The molecule has 1 N–H and O–H groups in total. The number of hydrogen-bond donors (Lipinski definition) is 1. The lowest BCUT2D eigenvalue weighted by Gasteiger charge is -2.18. The van der Waals surface area contributed by atoms with Crippen LogP contribution in [0.25, 0.3) is 0 Å². The van der Waals surface area contributed by atoms with Crippen LogP contribution in [0.5, 0.6) is 0 Å². The van der Waals surface area contributed by atoms with Gasteiger partial charge < -0.3 is 5.11 Å². The van der Waals surface area contributed by atoms with Crippen LogP contribution in [0.1, 0.15) is 20.3 Å². The van der Waals surface area contributed by atoms with Gasteiger partial charge >= 0.3 is 5.97 Å². The summed E-state index contributed by atoms with van der Waals surface area (Å²) < 4.78 is 0. The molecule has 0 spiro atoms. The molecule has 1 rings (SSSR count). The van der Waals surface area contributed by atoms with E-state index in [1.807, 2.05) is 0 Å². The number of aliphatic carboxylic acids is 1. The van der Waals surface area contributed by atoms with E-state index >= 15 is 0 Å². The second kappa shape index (κ2) is 4.42. The van der Waals surface area contributed by atoms with Crippen LogP contribution in [-0.2, 0) is 4.79 Å². The van der Waals surface area contributed by atoms with Crippen LogP contribution in [0.15, 0.2) is 12.2 Å². The van der Waals surface area contributed by atoms with Crippen LogP contribution in [0.2, 0.25) is 0 Å². The topological polar surface area (TPSA) is 40.5 Å². The van der Waals surface area contributed by atoms with Gasteiger partial charge in [0, 0.05) is 25.2 Å². The van der Waals surface area contributed by atoms with Gasteiger partial charge in [0.25, 0.3) is 0 Å². The number of carbonyl (C=O) groups is 1. The largest absolute Gasteiger partial charge is 0.478 e. The van der Waals surface area contributed by atoms with E-state index in [-0.39, 0.29) is 0 Å². The first-order valence-electron chi connectivity index (χ1n) is 4.73. The highest BCUT2D eigenvalue weighted by molar-refractivity contribution is 5.79.